The van der Waals surface area contributed by atoms with Crippen molar-refractivity contribution in [1.82, 2.24) is 0 Å². The summed E-state index contributed by atoms with van der Waals surface area (Å²) in [5, 5.41) is 10.7. The number of benzene rings is 1. The summed E-state index contributed by atoms with van der Waals surface area (Å²) in [6, 6.07) is 5.04. The third-order valence-electron chi connectivity index (χ3n) is 1.42. The molecular weight excluding hydrogens is 310 g/mol. The molecule has 0 fully saturated rings. The van der Waals surface area contributed by atoms with Crippen molar-refractivity contribution in [2.75, 3.05) is 0 Å². The Morgan fingerprint density at radius 3 is 2.42 bits per heavy atom. The van der Waals surface area contributed by atoms with Gasteiger partial charge in [0.05, 0.1) is 0 Å². The second-order valence-electron chi connectivity index (χ2n) is 2.58. The fourth-order valence-corrected chi connectivity index (χ4v) is 2.08. The molecule has 0 heterocycles. The van der Waals surface area contributed by atoms with Gasteiger partial charge in [-0.05, 0) is 41.6 Å². The van der Waals surface area contributed by atoms with E-state index >= 15 is 0 Å². The average Bonchev–Trinajstić information content (AvgIpc) is 1.83. The first kappa shape index (κ1) is 10.6. The van der Waals surface area contributed by atoms with Crippen LogP contribution in [0, 0.1) is 0 Å². The van der Waals surface area contributed by atoms with E-state index < -0.39 is 3.61 Å². The maximum absolute atomic E-state index is 9.62. The van der Waals surface area contributed by atoms with Gasteiger partial charge in [0.25, 0.3) is 0 Å². The van der Waals surface area contributed by atoms with Crippen LogP contribution in [0.4, 0.5) is 0 Å². The lowest BCUT2D eigenvalue weighted by molar-refractivity contribution is 0.179. The molecule has 66 valence electrons. The van der Waals surface area contributed by atoms with Crippen LogP contribution in [0.3, 0.4) is 0 Å². The van der Waals surface area contributed by atoms with E-state index in [0.29, 0.717) is 15.6 Å². The van der Waals surface area contributed by atoms with E-state index in [1.165, 1.54) is 0 Å². The number of rotatable bonds is 1. The van der Waals surface area contributed by atoms with Crippen molar-refractivity contribution in [1.29, 1.82) is 0 Å². The zero-order chi connectivity index (χ0) is 9.35. The van der Waals surface area contributed by atoms with Crippen molar-refractivity contribution in [3.8, 4) is 0 Å². The lowest BCUT2D eigenvalue weighted by Gasteiger charge is -2.16. The molecule has 0 aliphatic rings. The Balaban J connectivity index is 3.19. The fourth-order valence-electron chi connectivity index (χ4n) is 0.860. The summed E-state index contributed by atoms with van der Waals surface area (Å²) >= 11 is 13.5. The van der Waals surface area contributed by atoms with Crippen molar-refractivity contribution in [3.05, 3.63) is 33.8 Å². The molecule has 0 aromatic heterocycles. The van der Waals surface area contributed by atoms with Gasteiger partial charge in [-0.15, -0.1) is 0 Å². The zero-order valence-corrected chi connectivity index (χ0v) is 9.98. The van der Waals surface area contributed by atoms with Crippen LogP contribution < -0.4 is 0 Å². The van der Waals surface area contributed by atoms with Crippen molar-refractivity contribution in [3.63, 3.8) is 0 Å². The molecule has 0 radical (unpaired) electrons. The Morgan fingerprint density at radius 2 is 2.00 bits per heavy atom. The molecule has 4 heteroatoms. The highest BCUT2D eigenvalue weighted by atomic mass is 127. The number of hydrogen-bond acceptors (Lipinski definition) is 1. The summed E-state index contributed by atoms with van der Waals surface area (Å²) in [7, 11) is 0. The predicted molar refractivity (Wildman–Crippen MR) is 60.1 cm³/mol. The van der Waals surface area contributed by atoms with Crippen LogP contribution >= 0.6 is 45.8 Å². The van der Waals surface area contributed by atoms with Crippen LogP contribution in [0.1, 0.15) is 12.5 Å². The number of aliphatic hydroxyl groups is 1. The Bertz CT molecular complexity index is 294. The minimum Gasteiger partial charge on any atom is -0.376 e. The number of hydrogen-bond donors (Lipinski definition) is 1. The molecule has 0 amide bonds. The van der Waals surface area contributed by atoms with E-state index in [2.05, 4.69) is 0 Å². The van der Waals surface area contributed by atoms with Crippen molar-refractivity contribution >= 4 is 45.8 Å². The number of alkyl halides is 1. The van der Waals surface area contributed by atoms with Crippen LogP contribution in [0.25, 0.3) is 0 Å². The molecule has 1 aromatic rings. The molecule has 1 rings (SSSR count). The van der Waals surface area contributed by atoms with Gasteiger partial charge in [0, 0.05) is 15.6 Å². The quantitative estimate of drug-likeness (QED) is 0.620. The third-order valence-corrected chi connectivity index (χ3v) is 2.55. The van der Waals surface area contributed by atoms with Crippen LogP contribution in [0.2, 0.25) is 10.0 Å². The van der Waals surface area contributed by atoms with Crippen LogP contribution in [-0.2, 0) is 3.61 Å². The molecule has 0 saturated carbocycles. The number of halogens is 3. The van der Waals surface area contributed by atoms with E-state index in [-0.39, 0.29) is 0 Å². The molecule has 0 bridgehead atoms. The fraction of sp³-hybridized carbons (Fsp3) is 0.250. The Morgan fingerprint density at radius 1 is 1.42 bits per heavy atom. The Labute approximate surface area is 94.8 Å². The maximum Gasteiger partial charge on any atom is 0.139 e. The van der Waals surface area contributed by atoms with Crippen molar-refractivity contribution < 1.29 is 5.11 Å². The second-order valence-corrected chi connectivity index (χ2v) is 5.52. The summed E-state index contributed by atoms with van der Waals surface area (Å²) < 4.78 is -0.945. The summed E-state index contributed by atoms with van der Waals surface area (Å²) in [6.45, 7) is 1.67. The predicted octanol–water partition coefficient (Wildman–Crippen LogP) is 3.59. The summed E-state index contributed by atoms with van der Waals surface area (Å²) in [6.07, 6.45) is 0. The van der Waals surface area contributed by atoms with Crippen molar-refractivity contribution in [2.45, 2.75) is 10.5 Å². The van der Waals surface area contributed by atoms with E-state index in [0.717, 1.165) is 0 Å². The van der Waals surface area contributed by atoms with Gasteiger partial charge in [-0.3, -0.25) is 0 Å². The molecule has 0 aliphatic heterocycles. The monoisotopic (exact) mass is 316 g/mol. The Kier molecular flexibility index (Phi) is 3.26. The normalized spacial score (nSPS) is 15.8. The third kappa shape index (κ3) is 2.49. The van der Waals surface area contributed by atoms with Crippen LogP contribution in [0.15, 0.2) is 18.2 Å². The zero-order valence-electron chi connectivity index (χ0n) is 6.31. The highest BCUT2D eigenvalue weighted by molar-refractivity contribution is 14.1. The van der Waals surface area contributed by atoms with Crippen molar-refractivity contribution in [2.24, 2.45) is 0 Å². The second kappa shape index (κ2) is 3.70. The summed E-state index contributed by atoms with van der Waals surface area (Å²) in [5.74, 6) is 0. The molecular formula is C8H7Cl2IO. The molecule has 1 N–H and O–H groups in total. The van der Waals surface area contributed by atoms with E-state index in [1.54, 1.807) is 25.1 Å². The molecule has 1 unspecified atom stereocenters. The largest absolute Gasteiger partial charge is 0.376 e. The van der Waals surface area contributed by atoms with Crippen LogP contribution in [0.5, 0.6) is 0 Å². The van der Waals surface area contributed by atoms with Gasteiger partial charge in [-0.25, -0.2) is 0 Å². The Hall–Kier alpha value is 0.490. The van der Waals surface area contributed by atoms with E-state index in [9.17, 15) is 5.11 Å². The molecule has 12 heavy (non-hydrogen) atoms. The smallest absolute Gasteiger partial charge is 0.139 e. The lowest BCUT2D eigenvalue weighted by Crippen LogP contribution is -2.11. The summed E-state index contributed by atoms with van der Waals surface area (Å²) in [5.41, 5.74) is 0.675. The minimum absolute atomic E-state index is 0.488. The summed E-state index contributed by atoms with van der Waals surface area (Å²) in [4.78, 5) is 0. The van der Waals surface area contributed by atoms with E-state index in [4.69, 9.17) is 23.2 Å². The molecule has 0 aliphatic carbocycles. The SMILES string of the molecule is CC(O)(I)c1ccc(Cl)cc1Cl. The van der Waals surface area contributed by atoms with Gasteiger partial charge >= 0.3 is 0 Å². The average molecular weight is 317 g/mol. The molecule has 1 aromatic carbocycles. The van der Waals surface area contributed by atoms with Gasteiger partial charge in [0.2, 0.25) is 0 Å². The topological polar surface area (TPSA) is 20.2 Å². The first-order valence-electron chi connectivity index (χ1n) is 3.28. The van der Waals surface area contributed by atoms with Gasteiger partial charge in [-0.1, -0.05) is 29.3 Å². The maximum atomic E-state index is 9.62. The molecule has 1 atom stereocenters. The van der Waals surface area contributed by atoms with E-state index in [1.807, 2.05) is 22.6 Å². The minimum atomic E-state index is -0.945. The standard InChI is InChI=1S/C8H7Cl2IO/c1-8(11,12)6-3-2-5(9)4-7(6)10/h2-4,12H,1H3. The molecule has 0 spiro atoms. The van der Waals surface area contributed by atoms with Gasteiger partial charge in [-0.2, -0.15) is 0 Å². The first-order valence-corrected chi connectivity index (χ1v) is 5.11. The first-order chi connectivity index (χ1) is 5.41. The lowest BCUT2D eigenvalue weighted by atomic mass is 10.1. The van der Waals surface area contributed by atoms with Crippen LogP contribution in [-0.4, -0.2) is 5.11 Å². The van der Waals surface area contributed by atoms with Gasteiger partial charge in [0.1, 0.15) is 3.61 Å². The van der Waals surface area contributed by atoms with Gasteiger partial charge in [0.15, 0.2) is 0 Å². The van der Waals surface area contributed by atoms with Gasteiger partial charge < -0.3 is 5.11 Å². The molecule has 0 saturated heterocycles. The molecule has 1 nitrogen and oxygen atoms in total. The highest BCUT2D eigenvalue weighted by Gasteiger charge is 2.21. The highest BCUT2D eigenvalue weighted by Crippen LogP contribution is 2.34.